The highest BCUT2D eigenvalue weighted by Crippen LogP contribution is 2.28. The van der Waals surface area contributed by atoms with E-state index in [1.807, 2.05) is 67.4 Å². The van der Waals surface area contributed by atoms with E-state index in [0.717, 1.165) is 11.1 Å². The number of nitrogens with zero attached hydrogens (tertiary/aromatic N) is 2. The van der Waals surface area contributed by atoms with Gasteiger partial charge in [-0.05, 0) is 43.3 Å². The van der Waals surface area contributed by atoms with E-state index in [-0.39, 0.29) is 18.2 Å². The molecule has 1 aliphatic rings. The van der Waals surface area contributed by atoms with E-state index in [2.05, 4.69) is 0 Å². The van der Waals surface area contributed by atoms with Crippen molar-refractivity contribution in [2.45, 2.75) is 25.9 Å². The van der Waals surface area contributed by atoms with Gasteiger partial charge in [0.1, 0.15) is 0 Å². The van der Waals surface area contributed by atoms with E-state index in [4.69, 9.17) is 11.6 Å². The van der Waals surface area contributed by atoms with Crippen LogP contribution < -0.4 is 4.90 Å². The summed E-state index contributed by atoms with van der Waals surface area (Å²) in [6.45, 7) is 2.46. The average Bonchev–Trinajstić information content (AvgIpc) is 2.83. The van der Waals surface area contributed by atoms with E-state index in [1.165, 1.54) is 4.90 Å². The van der Waals surface area contributed by atoms with Crippen LogP contribution in [0.3, 0.4) is 0 Å². The largest absolute Gasteiger partial charge is 0.290 e. The van der Waals surface area contributed by atoms with Gasteiger partial charge in [-0.1, -0.05) is 41.9 Å². The van der Waals surface area contributed by atoms with Crippen LogP contribution in [0.25, 0.3) is 0 Å². The number of amides is 2. The second-order valence-corrected chi connectivity index (χ2v) is 6.56. The number of anilines is 1. The number of likely N-dealkylation sites (N-methyl/N-ethyl adjacent to an activating group) is 1. The van der Waals surface area contributed by atoms with E-state index in [9.17, 15) is 9.59 Å². The molecule has 4 nitrogen and oxygen atoms in total. The fourth-order valence-electron chi connectivity index (χ4n) is 3.06. The van der Waals surface area contributed by atoms with E-state index in [1.54, 1.807) is 0 Å². The third kappa shape index (κ3) is 3.21. The van der Waals surface area contributed by atoms with Gasteiger partial charge in [-0.2, -0.15) is 0 Å². The maximum absolute atomic E-state index is 12.8. The maximum Gasteiger partial charge on any atom is 0.251 e. The lowest BCUT2D eigenvalue weighted by atomic mass is 10.1. The predicted molar refractivity (Wildman–Crippen MR) is 95.0 cm³/mol. The number of hydrogen-bond acceptors (Lipinski definition) is 3. The summed E-state index contributed by atoms with van der Waals surface area (Å²) in [4.78, 5) is 28.4. The number of para-hydroxylation sites is 1. The van der Waals surface area contributed by atoms with Crippen LogP contribution in [0, 0.1) is 6.92 Å². The number of carbonyl (C=O) groups excluding carboxylic acids is 2. The van der Waals surface area contributed by atoms with Crippen molar-refractivity contribution in [3.8, 4) is 0 Å². The van der Waals surface area contributed by atoms with Gasteiger partial charge in [0.05, 0.1) is 18.2 Å². The molecule has 0 aliphatic carbocycles. The zero-order chi connectivity index (χ0) is 17.3. The second-order valence-electron chi connectivity index (χ2n) is 6.12. The quantitative estimate of drug-likeness (QED) is 0.799. The Morgan fingerprint density at radius 3 is 2.62 bits per heavy atom. The Kier molecular flexibility index (Phi) is 4.69. The molecule has 0 saturated carbocycles. The molecule has 24 heavy (non-hydrogen) atoms. The number of imide groups is 1. The van der Waals surface area contributed by atoms with Gasteiger partial charge < -0.3 is 0 Å². The molecule has 0 bridgehead atoms. The van der Waals surface area contributed by atoms with Gasteiger partial charge in [-0.3, -0.25) is 14.5 Å². The zero-order valence-electron chi connectivity index (χ0n) is 13.7. The summed E-state index contributed by atoms with van der Waals surface area (Å²) >= 11 is 6.01. The van der Waals surface area contributed by atoms with Gasteiger partial charge in [0.25, 0.3) is 5.91 Å². The normalized spacial score (nSPS) is 17.8. The summed E-state index contributed by atoms with van der Waals surface area (Å²) < 4.78 is 0. The number of hydrogen-bond donors (Lipinski definition) is 0. The smallest absolute Gasteiger partial charge is 0.251 e. The first kappa shape index (κ1) is 16.7. The molecule has 1 aliphatic heterocycles. The fraction of sp³-hybridized carbons (Fsp3) is 0.263. The van der Waals surface area contributed by atoms with Gasteiger partial charge in [0.15, 0.2) is 0 Å². The first-order valence-electron chi connectivity index (χ1n) is 7.84. The summed E-state index contributed by atoms with van der Waals surface area (Å²) in [6, 6.07) is 14.5. The van der Waals surface area contributed by atoms with Crippen molar-refractivity contribution in [1.82, 2.24) is 4.90 Å². The first-order valence-corrected chi connectivity index (χ1v) is 8.22. The van der Waals surface area contributed by atoms with Crippen LogP contribution in [0.2, 0.25) is 5.02 Å². The molecule has 3 rings (SSSR count). The SMILES string of the molecule is Cc1ccccc1N1C(=O)CC(N(C)Cc2cccc(Cl)c2)C1=O. The third-order valence-electron chi connectivity index (χ3n) is 4.33. The highest BCUT2D eigenvalue weighted by Gasteiger charge is 2.41. The highest BCUT2D eigenvalue weighted by molar-refractivity contribution is 6.30. The van der Waals surface area contributed by atoms with Crippen molar-refractivity contribution in [3.05, 3.63) is 64.7 Å². The van der Waals surface area contributed by atoms with E-state index < -0.39 is 6.04 Å². The Balaban J connectivity index is 1.80. The van der Waals surface area contributed by atoms with Gasteiger partial charge in [0, 0.05) is 11.6 Å². The number of halogens is 1. The molecule has 2 aromatic carbocycles. The second kappa shape index (κ2) is 6.75. The minimum absolute atomic E-state index is 0.155. The Hall–Kier alpha value is -2.17. The topological polar surface area (TPSA) is 40.6 Å². The van der Waals surface area contributed by atoms with Crippen LogP contribution in [-0.4, -0.2) is 29.8 Å². The summed E-state index contributed by atoms with van der Waals surface area (Å²) in [6.07, 6.45) is 0.199. The highest BCUT2D eigenvalue weighted by atomic mass is 35.5. The number of benzene rings is 2. The summed E-state index contributed by atoms with van der Waals surface area (Å²) in [5.41, 5.74) is 2.60. The van der Waals surface area contributed by atoms with Gasteiger partial charge >= 0.3 is 0 Å². The van der Waals surface area contributed by atoms with Gasteiger partial charge in [-0.15, -0.1) is 0 Å². The molecular weight excluding hydrogens is 324 g/mol. The van der Waals surface area contributed by atoms with Crippen molar-refractivity contribution in [1.29, 1.82) is 0 Å². The van der Waals surface area contributed by atoms with Crippen molar-refractivity contribution >= 4 is 29.1 Å². The molecule has 0 aromatic heterocycles. The fourth-order valence-corrected chi connectivity index (χ4v) is 3.27. The molecular formula is C19H19ClN2O2. The first-order chi connectivity index (χ1) is 11.5. The molecule has 1 heterocycles. The van der Waals surface area contributed by atoms with Crippen molar-refractivity contribution < 1.29 is 9.59 Å². The molecule has 1 saturated heterocycles. The number of carbonyl (C=O) groups is 2. The predicted octanol–water partition coefficient (Wildman–Crippen LogP) is 3.41. The minimum Gasteiger partial charge on any atom is -0.290 e. The Labute approximate surface area is 146 Å². The summed E-state index contributed by atoms with van der Waals surface area (Å²) in [7, 11) is 1.86. The molecule has 2 aromatic rings. The lowest BCUT2D eigenvalue weighted by Gasteiger charge is -2.23. The lowest BCUT2D eigenvalue weighted by Crippen LogP contribution is -2.39. The Bertz CT molecular complexity index is 790. The monoisotopic (exact) mass is 342 g/mol. The third-order valence-corrected chi connectivity index (χ3v) is 4.57. The number of rotatable bonds is 4. The molecule has 0 spiro atoms. The minimum atomic E-state index is -0.448. The van der Waals surface area contributed by atoms with E-state index >= 15 is 0 Å². The molecule has 1 atom stereocenters. The van der Waals surface area contributed by atoms with Crippen LogP contribution in [0.15, 0.2) is 48.5 Å². The van der Waals surface area contributed by atoms with Crippen LogP contribution in [-0.2, 0) is 16.1 Å². The molecule has 2 amide bonds. The summed E-state index contributed by atoms with van der Waals surface area (Å²) in [5.74, 6) is -0.323. The zero-order valence-corrected chi connectivity index (χ0v) is 14.5. The van der Waals surface area contributed by atoms with Crippen molar-refractivity contribution in [3.63, 3.8) is 0 Å². The van der Waals surface area contributed by atoms with Crippen molar-refractivity contribution in [2.75, 3.05) is 11.9 Å². The van der Waals surface area contributed by atoms with Crippen LogP contribution in [0.1, 0.15) is 17.5 Å². The Morgan fingerprint density at radius 2 is 1.92 bits per heavy atom. The maximum atomic E-state index is 12.8. The standard InChI is InChI=1S/C19H19ClN2O2/c1-13-6-3-4-9-16(13)22-18(23)11-17(19(22)24)21(2)12-14-7-5-8-15(20)10-14/h3-10,17H,11-12H2,1-2H3. The molecule has 1 fully saturated rings. The van der Waals surface area contributed by atoms with Crippen LogP contribution in [0.5, 0.6) is 0 Å². The molecule has 1 unspecified atom stereocenters. The van der Waals surface area contributed by atoms with Crippen molar-refractivity contribution in [2.24, 2.45) is 0 Å². The van der Waals surface area contributed by atoms with Crippen LogP contribution >= 0.6 is 11.6 Å². The van der Waals surface area contributed by atoms with E-state index in [0.29, 0.717) is 17.3 Å². The van der Waals surface area contributed by atoms with Crippen LogP contribution in [0.4, 0.5) is 5.69 Å². The molecule has 5 heteroatoms. The van der Waals surface area contributed by atoms with Gasteiger partial charge in [-0.25, -0.2) is 4.90 Å². The molecule has 0 radical (unpaired) electrons. The van der Waals surface area contributed by atoms with Gasteiger partial charge in [0.2, 0.25) is 5.91 Å². The molecule has 124 valence electrons. The number of aryl methyl sites for hydroxylation is 1. The lowest BCUT2D eigenvalue weighted by molar-refractivity contribution is -0.122. The molecule has 0 N–H and O–H groups in total. The average molecular weight is 343 g/mol. The Morgan fingerprint density at radius 1 is 1.17 bits per heavy atom. The summed E-state index contributed by atoms with van der Waals surface area (Å²) in [5, 5.41) is 0.663.